The molecular weight excluding hydrogens is 513 g/mol. The van der Waals surface area contributed by atoms with E-state index in [1.165, 1.54) is 17.4 Å². The molecule has 2 heterocycles. The maximum absolute atomic E-state index is 12.4. The van der Waals surface area contributed by atoms with E-state index >= 15 is 0 Å². The molecule has 0 saturated carbocycles. The number of aromatic nitrogens is 2. The first-order valence-corrected chi connectivity index (χ1v) is 13.9. The van der Waals surface area contributed by atoms with E-state index in [2.05, 4.69) is 46.1 Å². The number of amides is 1. The number of benzene rings is 2. The standard InChI is InChI=1S/C27H31Cl2N5OS/c1-18(2)19(3)30-26(35)21-6-4-20(5-7-21)17-36-27-31-24(29)16-25(32-27)34-14-12-33(13-15-34)23-10-8-22(28)9-11-23/h4-11,16,18-19H,12-15,17H2,1-3H3,(H,30,35). The highest BCUT2D eigenvalue weighted by Gasteiger charge is 2.20. The van der Waals surface area contributed by atoms with Crippen LogP contribution in [0, 0.1) is 5.92 Å². The minimum atomic E-state index is -0.0469. The third-order valence-corrected chi connectivity index (χ3v) is 7.76. The van der Waals surface area contributed by atoms with Crippen LogP contribution >= 0.6 is 35.0 Å². The highest BCUT2D eigenvalue weighted by molar-refractivity contribution is 7.98. The molecule has 1 amide bonds. The molecule has 190 valence electrons. The second-order valence-electron chi connectivity index (χ2n) is 9.27. The Morgan fingerprint density at radius 2 is 1.58 bits per heavy atom. The van der Waals surface area contributed by atoms with Gasteiger partial charge in [0, 0.05) is 60.3 Å². The third kappa shape index (κ3) is 7.05. The lowest BCUT2D eigenvalue weighted by Gasteiger charge is -2.36. The number of hydrogen-bond donors (Lipinski definition) is 1. The Bertz CT molecular complexity index is 1170. The summed E-state index contributed by atoms with van der Waals surface area (Å²) >= 11 is 13.9. The van der Waals surface area contributed by atoms with Gasteiger partial charge in [-0.2, -0.15) is 0 Å². The van der Waals surface area contributed by atoms with E-state index in [0.717, 1.165) is 42.6 Å². The fourth-order valence-electron chi connectivity index (χ4n) is 3.81. The van der Waals surface area contributed by atoms with Crippen molar-refractivity contribution in [1.82, 2.24) is 15.3 Å². The second kappa shape index (κ2) is 12.2. The number of nitrogens with one attached hydrogen (secondary N) is 1. The highest BCUT2D eigenvalue weighted by Crippen LogP contribution is 2.26. The maximum Gasteiger partial charge on any atom is 0.251 e. The Labute approximate surface area is 227 Å². The second-order valence-corrected chi connectivity index (χ2v) is 11.0. The first-order valence-electron chi connectivity index (χ1n) is 12.1. The van der Waals surface area contributed by atoms with Crippen molar-refractivity contribution in [1.29, 1.82) is 0 Å². The van der Waals surface area contributed by atoms with Crippen LogP contribution in [0.5, 0.6) is 0 Å². The molecule has 3 aromatic rings. The minimum Gasteiger partial charge on any atom is -0.368 e. The van der Waals surface area contributed by atoms with E-state index in [9.17, 15) is 4.79 Å². The Hall–Kier alpha value is -2.48. The molecule has 4 rings (SSSR count). The van der Waals surface area contributed by atoms with Crippen LogP contribution < -0.4 is 15.1 Å². The fourth-order valence-corrected chi connectivity index (χ4v) is 4.98. The molecule has 0 radical (unpaired) electrons. The molecule has 1 aromatic heterocycles. The van der Waals surface area contributed by atoms with Crippen molar-refractivity contribution in [3.05, 3.63) is 75.9 Å². The SMILES string of the molecule is CC(C)C(C)NC(=O)c1ccc(CSc2nc(Cl)cc(N3CCN(c4ccc(Cl)cc4)CC3)n2)cc1. The van der Waals surface area contributed by atoms with Gasteiger partial charge in [0.15, 0.2) is 5.16 Å². The third-order valence-electron chi connectivity index (χ3n) is 6.40. The summed E-state index contributed by atoms with van der Waals surface area (Å²) in [5, 5.41) is 4.87. The van der Waals surface area contributed by atoms with Crippen LogP contribution in [0.25, 0.3) is 0 Å². The molecule has 1 unspecified atom stereocenters. The van der Waals surface area contributed by atoms with Crippen molar-refractivity contribution in [3.63, 3.8) is 0 Å². The number of anilines is 2. The monoisotopic (exact) mass is 543 g/mol. The van der Waals surface area contributed by atoms with Gasteiger partial charge in [-0.15, -0.1) is 0 Å². The summed E-state index contributed by atoms with van der Waals surface area (Å²) in [5.74, 6) is 1.88. The average molecular weight is 545 g/mol. The summed E-state index contributed by atoms with van der Waals surface area (Å²) in [6, 6.07) is 17.6. The number of carbonyl (C=O) groups excluding carboxylic acids is 1. The van der Waals surface area contributed by atoms with Crippen LogP contribution in [0.2, 0.25) is 10.2 Å². The topological polar surface area (TPSA) is 61.4 Å². The molecule has 1 N–H and O–H groups in total. The van der Waals surface area contributed by atoms with Gasteiger partial charge in [0.1, 0.15) is 11.0 Å². The van der Waals surface area contributed by atoms with E-state index in [1.807, 2.05) is 49.4 Å². The van der Waals surface area contributed by atoms with Gasteiger partial charge < -0.3 is 15.1 Å². The molecule has 6 nitrogen and oxygen atoms in total. The van der Waals surface area contributed by atoms with Gasteiger partial charge >= 0.3 is 0 Å². The summed E-state index contributed by atoms with van der Waals surface area (Å²) in [6.45, 7) is 9.68. The van der Waals surface area contributed by atoms with E-state index in [-0.39, 0.29) is 11.9 Å². The predicted octanol–water partition coefficient (Wildman–Crippen LogP) is 6.18. The number of thioether (sulfide) groups is 1. The lowest BCUT2D eigenvalue weighted by Crippen LogP contribution is -2.46. The van der Waals surface area contributed by atoms with Crippen LogP contribution in [-0.4, -0.2) is 48.1 Å². The van der Waals surface area contributed by atoms with Crippen LogP contribution in [0.1, 0.15) is 36.7 Å². The van der Waals surface area contributed by atoms with Crippen LogP contribution in [0.3, 0.4) is 0 Å². The maximum atomic E-state index is 12.4. The molecule has 1 fully saturated rings. The zero-order valence-electron chi connectivity index (χ0n) is 20.7. The van der Waals surface area contributed by atoms with Crippen LogP contribution in [0.15, 0.2) is 59.8 Å². The molecule has 1 aliphatic heterocycles. The molecule has 0 bridgehead atoms. The molecule has 1 aliphatic rings. The number of hydrogen-bond acceptors (Lipinski definition) is 6. The van der Waals surface area contributed by atoms with Gasteiger partial charge in [0.25, 0.3) is 5.91 Å². The lowest BCUT2D eigenvalue weighted by molar-refractivity contribution is 0.0930. The first-order chi connectivity index (χ1) is 17.3. The molecule has 2 aromatic carbocycles. The molecule has 1 saturated heterocycles. The van der Waals surface area contributed by atoms with Gasteiger partial charge in [-0.25, -0.2) is 9.97 Å². The summed E-state index contributed by atoms with van der Waals surface area (Å²) < 4.78 is 0. The fraction of sp³-hybridized carbons (Fsp3) is 0.370. The zero-order chi connectivity index (χ0) is 25.7. The van der Waals surface area contributed by atoms with E-state index in [4.69, 9.17) is 28.2 Å². The number of halogens is 2. The Balaban J connectivity index is 1.33. The quantitative estimate of drug-likeness (QED) is 0.208. The minimum absolute atomic E-state index is 0.0469. The smallest absolute Gasteiger partial charge is 0.251 e. The van der Waals surface area contributed by atoms with Gasteiger partial charge in [-0.05, 0) is 54.8 Å². The van der Waals surface area contributed by atoms with Gasteiger partial charge in [-0.3, -0.25) is 4.79 Å². The van der Waals surface area contributed by atoms with E-state index < -0.39 is 0 Å². The summed E-state index contributed by atoms with van der Waals surface area (Å²) in [7, 11) is 0. The Morgan fingerprint density at radius 1 is 0.944 bits per heavy atom. The van der Waals surface area contributed by atoms with Crippen molar-refractivity contribution in [2.45, 2.75) is 37.7 Å². The van der Waals surface area contributed by atoms with Gasteiger partial charge in [-0.1, -0.05) is 60.9 Å². The summed E-state index contributed by atoms with van der Waals surface area (Å²) in [5.41, 5.74) is 2.93. The number of nitrogens with zero attached hydrogens (tertiary/aromatic N) is 4. The predicted molar refractivity (Wildman–Crippen MR) is 151 cm³/mol. The molecule has 36 heavy (non-hydrogen) atoms. The van der Waals surface area contributed by atoms with Crippen molar-refractivity contribution >= 4 is 52.4 Å². The number of piperazine rings is 1. The van der Waals surface area contributed by atoms with E-state index in [0.29, 0.717) is 27.5 Å². The average Bonchev–Trinajstić information content (AvgIpc) is 2.88. The zero-order valence-corrected chi connectivity index (χ0v) is 23.1. The number of rotatable bonds is 8. The normalized spacial score (nSPS) is 14.7. The summed E-state index contributed by atoms with van der Waals surface area (Å²) in [4.78, 5) is 26.2. The van der Waals surface area contributed by atoms with Crippen molar-refractivity contribution < 1.29 is 4.79 Å². The lowest BCUT2D eigenvalue weighted by atomic mass is 10.1. The highest BCUT2D eigenvalue weighted by atomic mass is 35.5. The van der Waals surface area contributed by atoms with Gasteiger partial charge in [0.05, 0.1) is 0 Å². The molecule has 0 aliphatic carbocycles. The Kier molecular flexibility index (Phi) is 8.99. The van der Waals surface area contributed by atoms with Crippen LogP contribution in [-0.2, 0) is 5.75 Å². The number of carbonyl (C=O) groups is 1. The first kappa shape index (κ1) is 26.6. The molecular formula is C27H31Cl2N5OS. The molecule has 9 heteroatoms. The van der Waals surface area contributed by atoms with E-state index in [1.54, 1.807) is 0 Å². The van der Waals surface area contributed by atoms with Crippen molar-refractivity contribution in [2.75, 3.05) is 36.0 Å². The summed E-state index contributed by atoms with van der Waals surface area (Å²) in [6.07, 6.45) is 0. The van der Waals surface area contributed by atoms with Gasteiger partial charge in [0.2, 0.25) is 0 Å². The largest absolute Gasteiger partial charge is 0.368 e. The van der Waals surface area contributed by atoms with Crippen molar-refractivity contribution in [3.8, 4) is 0 Å². The Morgan fingerprint density at radius 3 is 2.22 bits per heavy atom. The van der Waals surface area contributed by atoms with Crippen molar-refractivity contribution in [2.24, 2.45) is 5.92 Å². The molecule has 0 spiro atoms. The van der Waals surface area contributed by atoms with Crippen LogP contribution in [0.4, 0.5) is 11.5 Å². The molecule has 1 atom stereocenters.